The highest BCUT2D eigenvalue weighted by molar-refractivity contribution is 7.18. The van der Waals surface area contributed by atoms with Crippen molar-refractivity contribution in [3.63, 3.8) is 0 Å². The molecule has 1 amide bonds. The number of aryl methyl sites for hydroxylation is 1. The Kier molecular flexibility index (Phi) is 4.24. The number of aromatic nitrogens is 1. The van der Waals surface area contributed by atoms with Crippen LogP contribution in [-0.2, 0) is 6.54 Å². The number of rotatable bonds is 4. The number of hydrogen-bond acceptors (Lipinski definition) is 5. The molecule has 0 radical (unpaired) electrons. The van der Waals surface area contributed by atoms with Gasteiger partial charge in [0, 0.05) is 20.6 Å². The van der Waals surface area contributed by atoms with Gasteiger partial charge < -0.3 is 16.0 Å². The fourth-order valence-corrected chi connectivity index (χ4v) is 2.75. The predicted molar refractivity (Wildman–Crippen MR) is 83.0 cm³/mol. The number of nitrogens with two attached hydrogens (primary N) is 1. The Balaban J connectivity index is 2.14. The van der Waals surface area contributed by atoms with Crippen LogP contribution >= 0.6 is 11.3 Å². The molecule has 1 aromatic carbocycles. The molecule has 106 valence electrons. The summed E-state index contributed by atoms with van der Waals surface area (Å²) in [6.45, 7) is 2.58. The lowest BCUT2D eigenvalue weighted by molar-refractivity contribution is 0.0790. The molecular formula is C14H18N4OS. The maximum absolute atomic E-state index is 12.4. The van der Waals surface area contributed by atoms with Gasteiger partial charge in [-0.2, -0.15) is 0 Å². The zero-order valence-electron chi connectivity index (χ0n) is 11.8. The number of carbonyl (C=O) groups excluding carboxylic acids is 1. The van der Waals surface area contributed by atoms with Gasteiger partial charge >= 0.3 is 0 Å². The molecule has 2 rings (SSSR count). The summed E-state index contributed by atoms with van der Waals surface area (Å²) in [6, 6.07) is 8.10. The van der Waals surface area contributed by atoms with E-state index in [0.717, 1.165) is 5.56 Å². The van der Waals surface area contributed by atoms with Crippen LogP contribution < -0.4 is 11.1 Å². The lowest BCUT2D eigenvalue weighted by Gasteiger charge is -2.16. The van der Waals surface area contributed by atoms with E-state index >= 15 is 0 Å². The summed E-state index contributed by atoms with van der Waals surface area (Å²) >= 11 is 1.27. The first-order valence-corrected chi connectivity index (χ1v) is 7.08. The third kappa shape index (κ3) is 3.08. The minimum Gasteiger partial charge on any atom is -0.382 e. The molecule has 0 aliphatic carbocycles. The molecule has 0 fully saturated rings. The van der Waals surface area contributed by atoms with Crippen molar-refractivity contribution in [1.29, 1.82) is 0 Å². The van der Waals surface area contributed by atoms with Gasteiger partial charge in [-0.15, -0.1) is 0 Å². The van der Waals surface area contributed by atoms with E-state index in [0.29, 0.717) is 16.6 Å². The third-order valence-electron chi connectivity index (χ3n) is 2.91. The molecule has 20 heavy (non-hydrogen) atoms. The Morgan fingerprint density at radius 3 is 2.85 bits per heavy atom. The van der Waals surface area contributed by atoms with Gasteiger partial charge in [-0.25, -0.2) is 4.98 Å². The summed E-state index contributed by atoms with van der Waals surface area (Å²) in [5.74, 6) is 0.170. The number of nitrogens with one attached hydrogen (secondary N) is 1. The Morgan fingerprint density at radius 1 is 1.50 bits per heavy atom. The van der Waals surface area contributed by atoms with Crippen LogP contribution in [0, 0.1) is 6.92 Å². The molecule has 0 bridgehead atoms. The van der Waals surface area contributed by atoms with Crippen molar-refractivity contribution in [2.45, 2.75) is 13.5 Å². The Bertz CT molecular complexity index is 623. The molecule has 0 unspecified atom stereocenters. The number of benzene rings is 1. The van der Waals surface area contributed by atoms with Crippen LogP contribution in [0.1, 0.15) is 20.8 Å². The van der Waals surface area contributed by atoms with Gasteiger partial charge in [-0.1, -0.05) is 41.2 Å². The molecule has 5 nitrogen and oxygen atoms in total. The fourth-order valence-electron chi connectivity index (χ4n) is 1.92. The standard InChI is InChI=1S/C14H18N4OS/c1-9-5-4-6-10(7-9)8-18(3)13(19)11-12(15)17-14(16-2)20-11/h4-7H,8,15H2,1-3H3,(H,16,17). The molecule has 0 saturated heterocycles. The van der Waals surface area contributed by atoms with Crippen molar-refractivity contribution in [1.82, 2.24) is 9.88 Å². The largest absolute Gasteiger partial charge is 0.382 e. The van der Waals surface area contributed by atoms with Crippen LogP contribution in [0.15, 0.2) is 24.3 Å². The zero-order valence-corrected chi connectivity index (χ0v) is 12.6. The molecule has 1 heterocycles. The summed E-state index contributed by atoms with van der Waals surface area (Å²) in [6.07, 6.45) is 0. The second kappa shape index (κ2) is 5.92. The molecule has 0 spiro atoms. The highest BCUT2D eigenvalue weighted by Crippen LogP contribution is 2.26. The van der Waals surface area contributed by atoms with Gasteiger partial charge in [-0.05, 0) is 12.5 Å². The van der Waals surface area contributed by atoms with E-state index in [1.165, 1.54) is 16.9 Å². The highest BCUT2D eigenvalue weighted by atomic mass is 32.1. The molecule has 0 aliphatic heterocycles. The molecule has 0 atom stereocenters. The predicted octanol–water partition coefficient (Wildman–Crippen LogP) is 2.35. The van der Waals surface area contributed by atoms with Crippen molar-refractivity contribution < 1.29 is 4.79 Å². The highest BCUT2D eigenvalue weighted by Gasteiger charge is 2.19. The summed E-state index contributed by atoms with van der Waals surface area (Å²) in [5.41, 5.74) is 8.06. The Morgan fingerprint density at radius 2 is 2.25 bits per heavy atom. The van der Waals surface area contributed by atoms with Gasteiger partial charge in [0.1, 0.15) is 10.7 Å². The van der Waals surface area contributed by atoms with Crippen molar-refractivity contribution >= 4 is 28.2 Å². The van der Waals surface area contributed by atoms with E-state index in [9.17, 15) is 4.79 Å². The van der Waals surface area contributed by atoms with Crippen LogP contribution in [0.3, 0.4) is 0 Å². The quantitative estimate of drug-likeness (QED) is 0.906. The monoisotopic (exact) mass is 290 g/mol. The second-order valence-corrected chi connectivity index (χ2v) is 5.63. The third-order valence-corrected chi connectivity index (χ3v) is 3.99. The average molecular weight is 290 g/mol. The summed E-state index contributed by atoms with van der Waals surface area (Å²) in [7, 11) is 3.52. The lowest BCUT2D eigenvalue weighted by Crippen LogP contribution is -2.26. The first kappa shape index (κ1) is 14.3. The SMILES string of the molecule is CNc1nc(N)c(C(=O)N(C)Cc2cccc(C)c2)s1. The van der Waals surface area contributed by atoms with Crippen molar-refractivity contribution in [3.8, 4) is 0 Å². The summed E-state index contributed by atoms with van der Waals surface area (Å²) < 4.78 is 0. The maximum Gasteiger partial charge on any atom is 0.267 e. The van der Waals surface area contributed by atoms with Crippen molar-refractivity contribution in [2.75, 3.05) is 25.1 Å². The molecule has 1 aromatic heterocycles. The normalized spacial score (nSPS) is 10.3. The van der Waals surface area contributed by atoms with Crippen LogP contribution in [-0.4, -0.2) is 29.9 Å². The first-order valence-electron chi connectivity index (χ1n) is 6.26. The topological polar surface area (TPSA) is 71.2 Å². The molecular weight excluding hydrogens is 272 g/mol. The van der Waals surface area contributed by atoms with Crippen LogP contribution in [0.5, 0.6) is 0 Å². The van der Waals surface area contributed by atoms with Gasteiger partial charge in [0.25, 0.3) is 5.91 Å². The second-order valence-electron chi connectivity index (χ2n) is 4.63. The van der Waals surface area contributed by atoms with Gasteiger partial charge in [0.05, 0.1) is 0 Å². The van der Waals surface area contributed by atoms with E-state index in [1.807, 2.05) is 25.1 Å². The average Bonchev–Trinajstić information content (AvgIpc) is 2.79. The number of thiazole rings is 1. The fraction of sp³-hybridized carbons (Fsp3) is 0.286. The number of anilines is 2. The zero-order chi connectivity index (χ0) is 14.7. The molecule has 6 heteroatoms. The van der Waals surface area contributed by atoms with Crippen LogP contribution in [0.25, 0.3) is 0 Å². The van der Waals surface area contributed by atoms with Crippen molar-refractivity contribution in [2.24, 2.45) is 0 Å². The van der Waals surface area contributed by atoms with Crippen LogP contribution in [0.4, 0.5) is 10.9 Å². The molecule has 0 saturated carbocycles. The molecule has 2 aromatic rings. The smallest absolute Gasteiger partial charge is 0.267 e. The Hall–Kier alpha value is -2.08. The summed E-state index contributed by atoms with van der Waals surface area (Å²) in [5, 5.41) is 3.54. The minimum atomic E-state index is -0.108. The van der Waals surface area contributed by atoms with Gasteiger partial charge in [0.2, 0.25) is 0 Å². The molecule has 3 N–H and O–H groups in total. The Labute approximate surface area is 122 Å². The number of hydrogen-bond donors (Lipinski definition) is 2. The summed E-state index contributed by atoms with van der Waals surface area (Å²) in [4.78, 5) is 18.6. The van der Waals surface area contributed by atoms with E-state index < -0.39 is 0 Å². The number of amides is 1. The number of nitrogen functional groups attached to an aromatic ring is 1. The van der Waals surface area contributed by atoms with Crippen molar-refractivity contribution in [3.05, 3.63) is 40.3 Å². The van der Waals surface area contributed by atoms with Gasteiger partial charge in [-0.3, -0.25) is 4.79 Å². The first-order chi connectivity index (χ1) is 9.51. The van der Waals surface area contributed by atoms with E-state index in [2.05, 4.69) is 16.4 Å². The van der Waals surface area contributed by atoms with E-state index in [1.54, 1.807) is 19.0 Å². The van der Waals surface area contributed by atoms with Gasteiger partial charge in [0.15, 0.2) is 5.13 Å². The number of carbonyl (C=O) groups is 1. The lowest BCUT2D eigenvalue weighted by atomic mass is 10.1. The maximum atomic E-state index is 12.4. The van der Waals surface area contributed by atoms with E-state index in [4.69, 9.17) is 5.73 Å². The van der Waals surface area contributed by atoms with Crippen LogP contribution in [0.2, 0.25) is 0 Å². The number of nitrogens with zero attached hydrogens (tertiary/aromatic N) is 2. The van der Waals surface area contributed by atoms with E-state index in [-0.39, 0.29) is 11.7 Å². The molecule has 0 aliphatic rings. The minimum absolute atomic E-state index is 0.108.